The van der Waals surface area contributed by atoms with Crippen molar-refractivity contribution >= 4 is 17.9 Å². The summed E-state index contributed by atoms with van der Waals surface area (Å²) in [5, 5.41) is 14.5. The minimum Gasteiger partial charge on any atom is -0.481 e. The van der Waals surface area contributed by atoms with Crippen LogP contribution in [-0.2, 0) is 9.59 Å². The second-order valence-electron chi connectivity index (χ2n) is 6.43. The normalized spacial score (nSPS) is 29.4. The summed E-state index contributed by atoms with van der Waals surface area (Å²) in [6, 6.07) is -1.43. The second kappa shape index (κ2) is 6.43. The van der Waals surface area contributed by atoms with Crippen LogP contribution in [0.1, 0.15) is 40.5 Å². The zero-order valence-electron chi connectivity index (χ0n) is 13.0. The molecule has 1 saturated carbocycles. The predicted octanol–water partition coefficient (Wildman–Crippen LogP) is 0.685. The van der Waals surface area contributed by atoms with Gasteiger partial charge in [-0.15, -0.1) is 0 Å². The predicted molar refractivity (Wildman–Crippen MR) is 77.4 cm³/mol. The molecule has 0 aromatic heterocycles. The number of rotatable bonds is 4. The number of urea groups is 1. The van der Waals surface area contributed by atoms with Crippen molar-refractivity contribution in [1.82, 2.24) is 10.6 Å². The van der Waals surface area contributed by atoms with Crippen LogP contribution in [0, 0.1) is 17.3 Å². The van der Waals surface area contributed by atoms with E-state index < -0.39 is 23.9 Å². The van der Waals surface area contributed by atoms with Gasteiger partial charge in [0, 0.05) is 6.04 Å². The third kappa shape index (κ3) is 3.93. The molecule has 7 heteroatoms. The molecule has 0 aromatic rings. The molecule has 0 aliphatic heterocycles. The summed E-state index contributed by atoms with van der Waals surface area (Å²) in [7, 11) is 0. The standard InChI is InChI=1S/C14H25N3O4/c1-7-10(16-8(2)11(18)17-13(15)21)6-5-9(12(19)20)14(7,3)4/h7-10,16H,5-6H2,1-4H3,(H,19,20)(H3,15,17,18,21). The molecule has 1 aliphatic rings. The Morgan fingerprint density at radius 1 is 1.29 bits per heavy atom. The molecule has 0 aromatic carbocycles. The van der Waals surface area contributed by atoms with Crippen LogP contribution < -0.4 is 16.4 Å². The quantitative estimate of drug-likeness (QED) is 0.608. The summed E-state index contributed by atoms with van der Waals surface area (Å²) in [5.41, 5.74) is 4.55. The highest BCUT2D eigenvalue weighted by Gasteiger charge is 2.46. The van der Waals surface area contributed by atoms with Crippen LogP contribution in [0.15, 0.2) is 0 Å². The Balaban J connectivity index is 2.72. The van der Waals surface area contributed by atoms with E-state index in [4.69, 9.17) is 5.73 Å². The van der Waals surface area contributed by atoms with E-state index in [0.717, 1.165) is 0 Å². The summed E-state index contributed by atoms with van der Waals surface area (Å²) in [4.78, 5) is 33.7. The number of nitrogens with one attached hydrogen (secondary N) is 2. The number of nitrogens with two attached hydrogens (primary N) is 1. The number of carbonyl (C=O) groups is 3. The fraction of sp³-hybridized carbons (Fsp3) is 0.786. The number of carboxylic acid groups (broad SMARTS) is 1. The smallest absolute Gasteiger partial charge is 0.318 e. The van der Waals surface area contributed by atoms with E-state index >= 15 is 0 Å². The lowest BCUT2D eigenvalue weighted by Gasteiger charge is -2.47. The highest BCUT2D eigenvalue weighted by molar-refractivity contribution is 5.96. The maximum atomic E-state index is 11.7. The maximum Gasteiger partial charge on any atom is 0.318 e. The van der Waals surface area contributed by atoms with Gasteiger partial charge in [-0.3, -0.25) is 14.9 Å². The lowest BCUT2D eigenvalue weighted by molar-refractivity contribution is -0.150. The minimum atomic E-state index is -0.878. The maximum absolute atomic E-state index is 11.7. The lowest BCUT2D eigenvalue weighted by atomic mass is 9.61. The van der Waals surface area contributed by atoms with Crippen LogP contribution in [0.2, 0.25) is 0 Å². The number of primary amides is 1. The number of carboxylic acids is 1. The third-order valence-electron chi connectivity index (χ3n) is 4.84. The van der Waals surface area contributed by atoms with E-state index in [2.05, 4.69) is 5.32 Å². The Hall–Kier alpha value is -1.63. The Bertz CT molecular complexity index is 436. The molecule has 5 N–H and O–H groups in total. The first-order valence-electron chi connectivity index (χ1n) is 7.16. The van der Waals surface area contributed by atoms with Gasteiger partial charge < -0.3 is 16.2 Å². The van der Waals surface area contributed by atoms with Crippen molar-refractivity contribution in [3.63, 3.8) is 0 Å². The molecule has 4 atom stereocenters. The van der Waals surface area contributed by atoms with Gasteiger partial charge in [-0.2, -0.15) is 0 Å². The van der Waals surface area contributed by atoms with Gasteiger partial charge in [0.05, 0.1) is 12.0 Å². The van der Waals surface area contributed by atoms with Crippen molar-refractivity contribution in [3.8, 4) is 0 Å². The Morgan fingerprint density at radius 2 is 1.86 bits per heavy atom. The lowest BCUT2D eigenvalue weighted by Crippen LogP contribution is -2.56. The fourth-order valence-electron chi connectivity index (χ4n) is 3.10. The molecular weight excluding hydrogens is 274 g/mol. The van der Waals surface area contributed by atoms with E-state index in [9.17, 15) is 19.5 Å². The number of imide groups is 1. The van der Waals surface area contributed by atoms with Gasteiger partial charge in [0.15, 0.2) is 0 Å². The fourth-order valence-corrected chi connectivity index (χ4v) is 3.10. The Labute approximate surface area is 124 Å². The van der Waals surface area contributed by atoms with E-state index in [-0.39, 0.29) is 23.3 Å². The van der Waals surface area contributed by atoms with Crippen molar-refractivity contribution in [2.45, 2.75) is 52.6 Å². The number of hydrogen-bond acceptors (Lipinski definition) is 4. The zero-order valence-corrected chi connectivity index (χ0v) is 13.0. The summed E-state index contributed by atoms with van der Waals surface area (Å²) in [6.45, 7) is 7.53. The molecule has 4 unspecified atom stereocenters. The van der Waals surface area contributed by atoms with Gasteiger partial charge in [-0.25, -0.2) is 4.79 Å². The van der Waals surface area contributed by atoms with Gasteiger partial charge >= 0.3 is 12.0 Å². The van der Waals surface area contributed by atoms with Crippen LogP contribution >= 0.6 is 0 Å². The molecule has 0 spiro atoms. The Kier molecular flexibility index (Phi) is 5.33. The van der Waals surface area contributed by atoms with Crippen molar-refractivity contribution in [1.29, 1.82) is 0 Å². The molecule has 3 amide bonds. The van der Waals surface area contributed by atoms with Crippen LogP contribution in [0.4, 0.5) is 4.79 Å². The first kappa shape index (κ1) is 17.4. The topological polar surface area (TPSA) is 122 Å². The van der Waals surface area contributed by atoms with Gasteiger partial charge in [0.25, 0.3) is 0 Å². The first-order valence-corrected chi connectivity index (χ1v) is 7.16. The van der Waals surface area contributed by atoms with Crippen LogP contribution in [0.3, 0.4) is 0 Å². The second-order valence-corrected chi connectivity index (χ2v) is 6.43. The van der Waals surface area contributed by atoms with E-state index in [0.29, 0.717) is 12.8 Å². The average Bonchev–Trinajstić information content (AvgIpc) is 2.33. The SMILES string of the molecule is CC(NC1CCC(C(=O)O)C(C)(C)C1C)C(=O)NC(N)=O. The number of hydrogen-bond donors (Lipinski definition) is 4. The van der Waals surface area contributed by atoms with Crippen LogP contribution in [-0.4, -0.2) is 35.1 Å². The van der Waals surface area contributed by atoms with Crippen molar-refractivity contribution < 1.29 is 19.5 Å². The largest absolute Gasteiger partial charge is 0.481 e. The molecule has 0 bridgehead atoms. The molecule has 0 radical (unpaired) electrons. The van der Waals surface area contributed by atoms with Crippen molar-refractivity contribution in [2.75, 3.05) is 0 Å². The molecule has 120 valence electrons. The summed E-state index contributed by atoms with van der Waals surface area (Å²) in [5.74, 6) is -1.56. The van der Waals surface area contributed by atoms with Crippen molar-refractivity contribution in [2.24, 2.45) is 23.0 Å². The number of carbonyl (C=O) groups excluding carboxylic acids is 2. The molecule has 7 nitrogen and oxygen atoms in total. The summed E-state index contributed by atoms with van der Waals surface area (Å²) in [6.07, 6.45) is 1.24. The zero-order chi connectivity index (χ0) is 16.4. The molecule has 1 fully saturated rings. The highest BCUT2D eigenvalue weighted by Crippen LogP contribution is 2.45. The molecule has 0 heterocycles. The molecular formula is C14H25N3O4. The van der Waals surface area contributed by atoms with E-state index in [1.54, 1.807) is 6.92 Å². The summed E-state index contributed by atoms with van der Waals surface area (Å²) < 4.78 is 0. The van der Waals surface area contributed by atoms with Gasteiger partial charge in [0.2, 0.25) is 5.91 Å². The van der Waals surface area contributed by atoms with Crippen molar-refractivity contribution in [3.05, 3.63) is 0 Å². The molecule has 0 saturated heterocycles. The molecule has 21 heavy (non-hydrogen) atoms. The van der Waals surface area contributed by atoms with Crippen LogP contribution in [0.25, 0.3) is 0 Å². The molecule has 1 aliphatic carbocycles. The number of amides is 3. The monoisotopic (exact) mass is 299 g/mol. The van der Waals surface area contributed by atoms with Gasteiger partial charge in [-0.05, 0) is 31.1 Å². The van der Waals surface area contributed by atoms with Gasteiger partial charge in [-0.1, -0.05) is 20.8 Å². The van der Waals surface area contributed by atoms with E-state index in [1.807, 2.05) is 26.1 Å². The first-order chi connectivity index (χ1) is 9.57. The molecule has 1 rings (SSSR count). The summed E-state index contributed by atoms with van der Waals surface area (Å²) >= 11 is 0. The minimum absolute atomic E-state index is 0.0178. The Morgan fingerprint density at radius 3 is 2.33 bits per heavy atom. The highest BCUT2D eigenvalue weighted by atomic mass is 16.4. The van der Waals surface area contributed by atoms with E-state index in [1.165, 1.54) is 0 Å². The number of aliphatic carboxylic acids is 1. The average molecular weight is 299 g/mol. The van der Waals surface area contributed by atoms with Gasteiger partial charge in [0.1, 0.15) is 0 Å². The van der Waals surface area contributed by atoms with Crippen LogP contribution in [0.5, 0.6) is 0 Å². The third-order valence-corrected chi connectivity index (χ3v) is 4.84.